The molecule has 106 valence electrons. The molecule has 0 fully saturated rings. The van der Waals surface area contributed by atoms with E-state index in [0.29, 0.717) is 18.4 Å². The van der Waals surface area contributed by atoms with Gasteiger partial charge < -0.3 is 14.8 Å². The van der Waals surface area contributed by atoms with E-state index in [1.54, 1.807) is 13.3 Å². The summed E-state index contributed by atoms with van der Waals surface area (Å²) < 4.78 is 11.0. The molecule has 5 nitrogen and oxygen atoms in total. The number of methoxy groups -OCH3 is 1. The van der Waals surface area contributed by atoms with Crippen molar-refractivity contribution in [2.24, 2.45) is 0 Å². The second-order valence-electron chi connectivity index (χ2n) is 4.35. The number of aromatic nitrogens is 2. The first kappa shape index (κ1) is 14.1. The first-order chi connectivity index (χ1) is 9.72. The lowest BCUT2D eigenvalue weighted by Crippen LogP contribution is -2.05. The summed E-state index contributed by atoms with van der Waals surface area (Å²) in [4.78, 5) is 8.53. The van der Waals surface area contributed by atoms with E-state index in [1.807, 2.05) is 38.1 Å². The molecule has 2 rings (SSSR count). The van der Waals surface area contributed by atoms with Crippen LogP contribution in [0, 0.1) is 6.92 Å². The third kappa shape index (κ3) is 3.60. The molecule has 0 saturated carbocycles. The average Bonchev–Trinajstić information content (AvgIpc) is 2.48. The van der Waals surface area contributed by atoms with Crippen LogP contribution in [0.4, 0.5) is 5.95 Å². The molecule has 1 N–H and O–H groups in total. The molecule has 5 heteroatoms. The van der Waals surface area contributed by atoms with Gasteiger partial charge in [0, 0.05) is 18.3 Å². The van der Waals surface area contributed by atoms with E-state index >= 15 is 0 Å². The second kappa shape index (κ2) is 6.75. The number of anilines is 1. The predicted octanol–water partition coefficient (Wildman–Crippen LogP) is 2.80. The molecular weight excluding hydrogens is 254 g/mol. The molecular formula is C15H19N3O2. The molecule has 1 heterocycles. The Morgan fingerprint density at radius 3 is 2.90 bits per heavy atom. The zero-order valence-corrected chi connectivity index (χ0v) is 12.0. The van der Waals surface area contributed by atoms with Gasteiger partial charge in [-0.2, -0.15) is 4.98 Å². The Labute approximate surface area is 119 Å². The van der Waals surface area contributed by atoms with Crippen LogP contribution in [-0.2, 0) is 6.61 Å². The Balaban J connectivity index is 2.07. The first-order valence-corrected chi connectivity index (χ1v) is 6.56. The van der Waals surface area contributed by atoms with Crippen molar-refractivity contribution in [1.82, 2.24) is 9.97 Å². The minimum absolute atomic E-state index is 0.445. The molecule has 0 amide bonds. The summed E-state index contributed by atoms with van der Waals surface area (Å²) in [7, 11) is 1.65. The number of rotatable bonds is 6. The molecule has 1 aromatic carbocycles. The quantitative estimate of drug-likeness (QED) is 0.877. The largest absolute Gasteiger partial charge is 0.497 e. The van der Waals surface area contributed by atoms with E-state index in [2.05, 4.69) is 15.3 Å². The highest BCUT2D eigenvalue weighted by Crippen LogP contribution is 2.18. The molecule has 2 aromatic rings. The third-order valence-electron chi connectivity index (χ3n) is 2.77. The Kier molecular flexibility index (Phi) is 4.76. The fourth-order valence-corrected chi connectivity index (χ4v) is 1.73. The normalized spacial score (nSPS) is 10.2. The van der Waals surface area contributed by atoms with Crippen LogP contribution < -0.4 is 14.8 Å². The van der Waals surface area contributed by atoms with Crippen molar-refractivity contribution in [3.05, 3.63) is 41.6 Å². The van der Waals surface area contributed by atoms with Gasteiger partial charge in [-0.05, 0) is 31.5 Å². The number of ether oxygens (including phenoxy) is 2. The molecule has 0 bridgehead atoms. The van der Waals surface area contributed by atoms with Crippen molar-refractivity contribution < 1.29 is 9.47 Å². The highest BCUT2D eigenvalue weighted by molar-refractivity contribution is 5.33. The number of aryl methyl sites for hydroxylation is 1. The maximum absolute atomic E-state index is 5.76. The van der Waals surface area contributed by atoms with Gasteiger partial charge in [-0.3, -0.25) is 0 Å². The Morgan fingerprint density at radius 2 is 2.15 bits per heavy atom. The van der Waals surface area contributed by atoms with Crippen LogP contribution in [0.2, 0.25) is 0 Å². The highest BCUT2D eigenvalue weighted by Gasteiger charge is 2.05. The lowest BCUT2D eigenvalue weighted by atomic mass is 10.2. The van der Waals surface area contributed by atoms with E-state index in [-0.39, 0.29) is 0 Å². The van der Waals surface area contributed by atoms with Crippen molar-refractivity contribution in [3.8, 4) is 11.6 Å². The minimum atomic E-state index is 0.445. The minimum Gasteiger partial charge on any atom is -0.497 e. The predicted molar refractivity (Wildman–Crippen MR) is 78.3 cm³/mol. The molecule has 0 saturated heterocycles. The Morgan fingerprint density at radius 1 is 1.30 bits per heavy atom. The molecule has 0 radical (unpaired) electrons. The standard InChI is InChI=1S/C15H19N3O2/c1-4-16-15-17-9-11(2)14(18-15)20-10-12-6-5-7-13(8-12)19-3/h5-9H,4,10H2,1-3H3,(H,16,17,18). The van der Waals surface area contributed by atoms with Crippen LogP contribution in [0.1, 0.15) is 18.1 Å². The highest BCUT2D eigenvalue weighted by atomic mass is 16.5. The summed E-state index contributed by atoms with van der Waals surface area (Å²) in [6, 6.07) is 7.78. The van der Waals surface area contributed by atoms with Crippen LogP contribution in [0.15, 0.2) is 30.5 Å². The van der Waals surface area contributed by atoms with Crippen molar-refractivity contribution in [2.45, 2.75) is 20.5 Å². The maximum atomic E-state index is 5.76. The fraction of sp³-hybridized carbons (Fsp3) is 0.333. The maximum Gasteiger partial charge on any atom is 0.225 e. The van der Waals surface area contributed by atoms with Crippen LogP contribution in [0.3, 0.4) is 0 Å². The van der Waals surface area contributed by atoms with Gasteiger partial charge >= 0.3 is 0 Å². The smallest absolute Gasteiger partial charge is 0.225 e. The zero-order valence-electron chi connectivity index (χ0n) is 12.0. The van der Waals surface area contributed by atoms with Crippen molar-refractivity contribution in [2.75, 3.05) is 19.0 Å². The van der Waals surface area contributed by atoms with Gasteiger partial charge in [0.05, 0.1) is 7.11 Å². The van der Waals surface area contributed by atoms with Crippen molar-refractivity contribution in [1.29, 1.82) is 0 Å². The van der Waals surface area contributed by atoms with Crippen LogP contribution in [0.5, 0.6) is 11.6 Å². The first-order valence-electron chi connectivity index (χ1n) is 6.56. The number of hydrogen-bond acceptors (Lipinski definition) is 5. The molecule has 0 atom stereocenters. The van der Waals surface area contributed by atoms with Gasteiger partial charge in [-0.25, -0.2) is 4.98 Å². The zero-order chi connectivity index (χ0) is 14.4. The van der Waals surface area contributed by atoms with E-state index in [0.717, 1.165) is 23.4 Å². The van der Waals surface area contributed by atoms with Crippen LogP contribution in [0.25, 0.3) is 0 Å². The monoisotopic (exact) mass is 273 g/mol. The van der Waals surface area contributed by atoms with Gasteiger partial charge in [0.15, 0.2) is 0 Å². The summed E-state index contributed by atoms with van der Waals surface area (Å²) in [5.41, 5.74) is 1.95. The van der Waals surface area contributed by atoms with Crippen LogP contribution >= 0.6 is 0 Å². The van der Waals surface area contributed by atoms with Crippen molar-refractivity contribution >= 4 is 5.95 Å². The van der Waals surface area contributed by atoms with Gasteiger partial charge in [0.2, 0.25) is 11.8 Å². The third-order valence-corrected chi connectivity index (χ3v) is 2.77. The van der Waals surface area contributed by atoms with Crippen LogP contribution in [-0.4, -0.2) is 23.6 Å². The number of nitrogens with zero attached hydrogens (tertiary/aromatic N) is 2. The van der Waals surface area contributed by atoms with E-state index in [9.17, 15) is 0 Å². The Hall–Kier alpha value is -2.30. The summed E-state index contributed by atoms with van der Waals surface area (Å²) in [6.45, 7) is 5.15. The lowest BCUT2D eigenvalue weighted by molar-refractivity contribution is 0.290. The molecule has 0 aliphatic rings. The molecule has 1 aromatic heterocycles. The topological polar surface area (TPSA) is 56.3 Å². The van der Waals surface area contributed by atoms with Gasteiger partial charge in [-0.1, -0.05) is 12.1 Å². The van der Waals surface area contributed by atoms with Gasteiger partial charge in [-0.15, -0.1) is 0 Å². The fourth-order valence-electron chi connectivity index (χ4n) is 1.73. The Bertz CT molecular complexity index is 573. The molecule has 0 aliphatic heterocycles. The number of hydrogen-bond donors (Lipinski definition) is 1. The molecule has 0 aliphatic carbocycles. The van der Waals surface area contributed by atoms with Crippen molar-refractivity contribution in [3.63, 3.8) is 0 Å². The molecule has 20 heavy (non-hydrogen) atoms. The average molecular weight is 273 g/mol. The number of benzene rings is 1. The van der Waals surface area contributed by atoms with E-state index in [1.165, 1.54) is 0 Å². The lowest BCUT2D eigenvalue weighted by Gasteiger charge is -2.10. The summed E-state index contributed by atoms with van der Waals surface area (Å²) in [5, 5.41) is 3.07. The summed E-state index contributed by atoms with van der Waals surface area (Å²) >= 11 is 0. The SMILES string of the molecule is CCNc1ncc(C)c(OCc2cccc(OC)c2)n1. The molecule has 0 spiro atoms. The van der Waals surface area contributed by atoms with E-state index in [4.69, 9.17) is 9.47 Å². The van der Waals surface area contributed by atoms with Gasteiger partial charge in [0.1, 0.15) is 12.4 Å². The van der Waals surface area contributed by atoms with Gasteiger partial charge in [0.25, 0.3) is 0 Å². The second-order valence-corrected chi connectivity index (χ2v) is 4.35. The number of nitrogens with one attached hydrogen (secondary N) is 1. The summed E-state index contributed by atoms with van der Waals surface area (Å²) in [6.07, 6.45) is 1.76. The molecule has 0 unspecified atom stereocenters. The van der Waals surface area contributed by atoms with E-state index < -0.39 is 0 Å². The summed E-state index contributed by atoms with van der Waals surface area (Å²) in [5.74, 6) is 2.00.